The number of hydrogen-bond acceptors (Lipinski definition) is 3. The summed E-state index contributed by atoms with van der Waals surface area (Å²) in [5.74, 6) is -0.940. The largest absolute Gasteiger partial charge is 0.481 e. The molecule has 1 unspecified atom stereocenters. The Hall–Kier alpha value is -3.14. The number of allylic oxidation sites excluding steroid dienone is 1. The number of aliphatic carboxylic acids is 1. The minimum Gasteiger partial charge on any atom is -0.481 e. The number of carboxylic acids is 1. The minimum absolute atomic E-state index is 0.130. The lowest BCUT2D eigenvalue weighted by atomic mass is 9.96. The van der Waals surface area contributed by atoms with E-state index in [2.05, 4.69) is 37.3 Å². The third kappa shape index (κ3) is 9.35. The molecule has 37 heavy (non-hydrogen) atoms. The second kappa shape index (κ2) is 15.9. The molecule has 0 amide bonds. The quantitative estimate of drug-likeness (QED) is 0.0864. The van der Waals surface area contributed by atoms with E-state index in [4.69, 9.17) is 9.84 Å². The highest BCUT2D eigenvalue weighted by molar-refractivity contribution is 6.16. The maximum atomic E-state index is 13.6. The molecule has 0 radical (unpaired) electrons. The van der Waals surface area contributed by atoms with Gasteiger partial charge in [0.1, 0.15) is 6.10 Å². The molecular weight excluding hydrogens is 460 g/mol. The molecule has 1 atom stereocenters. The number of carbonyl (C=O) groups excluding carboxylic acids is 1. The maximum Gasteiger partial charge on any atom is 0.339 e. The topological polar surface area (TPSA) is 63.6 Å². The van der Waals surface area contributed by atoms with Gasteiger partial charge in [-0.25, -0.2) is 4.79 Å². The number of esters is 1. The molecule has 3 rings (SSSR count). The first-order valence-corrected chi connectivity index (χ1v) is 14.1. The van der Waals surface area contributed by atoms with E-state index in [1.165, 1.54) is 12.8 Å². The number of ether oxygens (including phenoxy) is 1. The summed E-state index contributed by atoms with van der Waals surface area (Å²) in [5, 5.41) is 12.7. The van der Waals surface area contributed by atoms with E-state index in [-0.39, 0.29) is 18.5 Å². The SMILES string of the molecule is CCCCCCC(CC=CCCCCCCCC(=O)O)OC(=O)c1c2ccccc2cc2ccccc12. The van der Waals surface area contributed by atoms with Crippen LogP contribution in [-0.2, 0) is 9.53 Å². The van der Waals surface area contributed by atoms with Crippen LogP contribution in [-0.4, -0.2) is 23.1 Å². The number of hydrogen-bond donors (Lipinski definition) is 1. The fourth-order valence-electron chi connectivity index (χ4n) is 4.90. The molecule has 1 N–H and O–H groups in total. The van der Waals surface area contributed by atoms with Crippen LogP contribution >= 0.6 is 0 Å². The summed E-state index contributed by atoms with van der Waals surface area (Å²) >= 11 is 0. The Morgan fingerprint density at radius 2 is 1.43 bits per heavy atom. The predicted molar refractivity (Wildman–Crippen MR) is 153 cm³/mol. The maximum absolute atomic E-state index is 13.6. The number of rotatable bonds is 17. The Kier molecular flexibility index (Phi) is 12.2. The van der Waals surface area contributed by atoms with Crippen LogP contribution < -0.4 is 0 Å². The summed E-state index contributed by atoms with van der Waals surface area (Å²) in [6.45, 7) is 2.21. The summed E-state index contributed by atoms with van der Waals surface area (Å²) in [6.07, 6.45) is 16.8. The van der Waals surface area contributed by atoms with E-state index >= 15 is 0 Å². The average Bonchev–Trinajstić information content (AvgIpc) is 2.90. The van der Waals surface area contributed by atoms with Crippen LogP contribution in [0.4, 0.5) is 0 Å². The smallest absolute Gasteiger partial charge is 0.339 e. The third-order valence-electron chi connectivity index (χ3n) is 6.96. The number of carboxylic acid groups (broad SMARTS) is 1. The van der Waals surface area contributed by atoms with Gasteiger partial charge in [0.15, 0.2) is 0 Å². The van der Waals surface area contributed by atoms with Gasteiger partial charge >= 0.3 is 11.9 Å². The van der Waals surface area contributed by atoms with Crippen LogP contribution in [0, 0.1) is 0 Å². The lowest BCUT2D eigenvalue weighted by Gasteiger charge is -2.18. The molecule has 0 spiro atoms. The zero-order valence-corrected chi connectivity index (χ0v) is 22.3. The van der Waals surface area contributed by atoms with Crippen molar-refractivity contribution < 1.29 is 19.4 Å². The van der Waals surface area contributed by atoms with Crippen LogP contribution in [0.25, 0.3) is 21.5 Å². The van der Waals surface area contributed by atoms with Crippen molar-refractivity contribution in [3.8, 4) is 0 Å². The van der Waals surface area contributed by atoms with E-state index in [0.29, 0.717) is 5.56 Å². The molecule has 3 aromatic rings. The molecular formula is C33H42O4. The molecule has 0 fully saturated rings. The fourth-order valence-corrected chi connectivity index (χ4v) is 4.90. The molecule has 4 heteroatoms. The first kappa shape index (κ1) is 28.4. The van der Waals surface area contributed by atoms with Gasteiger partial charge in [-0.3, -0.25) is 4.79 Å². The lowest BCUT2D eigenvalue weighted by Crippen LogP contribution is -2.18. The van der Waals surface area contributed by atoms with Crippen LogP contribution in [0.2, 0.25) is 0 Å². The Morgan fingerprint density at radius 1 is 0.811 bits per heavy atom. The van der Waals surface area contributed by atoms with Crippen molar-refractivity contribution in [2.24, 2.45) is 0 Å². The van der Waals surface area contributed by atoms with Crippen LogP contribution in [0.15, 0.2) is 66.7 Å². The van der Waals surface area contributed by atoms with E-state index in [9.17, 15) is 9.59 Å². The zero-order valence-electron chi connectivity index (χ0n) is 22.3. The predicted octanol–water partition coefficient (Wildman–Crippen LogP) is 9.25. The first-order valence-electron chi connectivity index (χ1n) is 14.1. The van der Waals surface area contributed by atoms with E-state index < -0.39 is 5.97 Å². The molecule has 0 heterocycles. The van der Waals surface area contributed by atoms with Crippen LogP contribution in [0.5, 0.6) is 0 Å². The summed E-state index contributed by atoms with van der Waals surface area (Å²) in [4.78, 5) is 24.2. The standard InChI is InChI=1S/C33H42O4/c1-2-3-4-11-20-28(21-12-9-7-5-6-8-10-13-24-31(34)35)37-33(36)32-29-22-16-14-18-26(29)25-27-19-15-17-23-30(27)32/h9,12,14-19,22-23,25,28H,2-8,10-11,13,20-21,24H2,1H3,(H,34,35). The van der Waals surface area contributed by atoms with E-state index in [0.717, 1.165) is 85.8 Å². The van der Waals surface area contributed by atoms with E-state index in [1.54, 1.807) is 0 Å². The molecule has 0 aliphatic heterocycles. The van der Waals surface area contributed by atoms with Crippen molar-refractivity contribution in [3.63, 3.8) is 0 Å². The highest BCUT2D eigenvalue weighted by atomic mass is 16.5. The molecule has 0 aromatic heterocycles. The Balaban J connectivity index is 1.61. The summed E-state index contributed by atoms with van der Waals surface area (Å²) in [6, 6.07) is 18.2. The molecule has 0 bridgehead atoms. The fraction of sp³-hybridized carbons (Fsp3) is 0.455. The van der Waals surface area contributed by atoms with Gasteiger partial charge in [0.05, 0.1) is 5.56 Å². The molecule has 3 aromatic carbocycles. The first-order chi connectivity index (χ1) is 18.1. The molecule has 0 aliphatic carbocycles. The number of fused-ring (bicyclic) bond motifs is 2. The highest BCUT2D eigenvalue weighted by Gasteiger charge is 2.20. The number of benzene rings is 3. The Labute approximate surface area is 221 Å². The third-order valence-corrected chi connectivity index (χ3v) is 6.96. The molecule has 0 saturated carbocycles. The van der Waals surface area contributed by atoms with Crippen molar-refractivity contribution in [2.75, 3.05) is 0 Å². The zero-order chi connectivity index (χ0) is 26.3. The lowest BCUT2D eigenvalue weighted by molar-refractivity contribution is -0.137. The van der Waals surface area contributed by atoms with Gasteiger partial charge in [0.25, 0.3) is 0 Å². The van der Waals surface area contributed by atoms with Crippen LogP contribution in [0.1, 0.15) is 101 Å². The van der Waals surface area contributed by atoms with E-state index in [1.807, 2.05) is 36.4 Å². The van der Waals surface area contributed by atoms with Crippen LogP contribution in [0.3, 0.4) is 0 Å². The van der Waals surface area contributed by atoms with Gasteiger partial charge in [-0.1, -0.05) is 106 Å². The highest BCUT2D eigenvalue weighted by Crippen LogP contribution is 2.30. The van der Waals surface area contributed by atoms with Gasteiger partial charge in [-0.15, -0.1) is 0 Å². The summed E-state index contributed by atoms with van der Waals surface area (Å²) in [5.41, 5.74) is 0.666. The van der Waals surface area contributed by atoms with Crippen molar-refractivity contribution in [2.45, 2.75) is 96.5 Å². The summed E-state index contributed by atoms with van der Waals surface area (Å²) < 4.78 is 6.19. The van der Waals surface area contributed by atoms with Crippen molar-refractivity contribution in [3.05, 3.63) is 72.3 Å². The number of unbranched alkanes of at least 4 members (excludes halogenated alkanes) is 8. The van der Waals surface area contributed by atoms with Crippen molar-refractivity contribution >= 4 is 33.5 Å². The van der Waals surface area contributed by atoms with Gasteiger partial charge in [-0.2, -0.15) is 0 Å². The second-order valence-electron chi connectivity index (χ2n) is 9.98. The van der Waals surface area contributed by atoms with Crippen molar-refractivity contribution in [1.29, 1.82) is 0 Å². The summed E-state index contributed by atoms with van der Waals surface area (Å²) in [7, 11) is 0. The minimum atomic E-state index is -0.707. The van der Waals surface area contributed by atoms with Crippen molar-refractivity contribution in [1.82, 2.24) is 0 Å². The van der Waals surface area contributed by atoms with Gasteiger partial charge in [0, 0.05) is 12.8 Å². The monoisotopic (exact) mass is 502 g/mol. The molecule has 0 aliphatic rings. The average molecular weight is 503 g/mol. The molecule has 198 valence electrons. The van der Waals surface area contributed by atoms with Gasteiger partial charge in [0.2, 0.25) is 0 Å². The Morgan fingerprint density at radius 3 is 2.11 bits per heavy atom. The Bertz CT molecular complexity index is 1110. The number of carbonyl (C=O) groups is 2. The normalized spacial score (nSPS) is 12.4. The van der Waals surface area contributed by atoms with Gasteiger partial charge < -0.3 is 9.84 Å². The molecule has 0 saturated heterocycles. The second-order valence-corrected chi connectivity index (χ2v) is 9.98. The molecule has 4 nitrogen and oxygen atoms in total. The van der Waals surface area contributed by atoms with Gasteiger partial charge in [-0.05, 0) is 59.7 Å².